The molecular weight excluding hydrogens is 362 g/mol. The van der Waals surface area contributed by atoms with Crippen molar-refractivity contribution in [3.63, 3.8) is 0 Å². The fourth-order valence-corrected chi connectivity index (χ4v) is 4.10. The van der Waals surface area contributed by atoms with Crippen LogP contribution in [0.25, 0.3) is 32.6 Å². The molecule has 0 aliphatic carbocycles. The monoisotopic (exact) mass is 377 g/mol. The number of carbonyl (C=O) groups is 1. The van der Waals surface area contributed by atoms with E-state index in [9.17, 15) is 4.79 Å². The van der Waals surface area contributed by atoms with Crippen LogP contribution in [0.4, 0.5) is 0 Å². The number of amides is 1. The molecule has 1 amide bonds. The normalized spacial score (nSPS) is 14.7. The minimum atomic E-state index is 0.0468. The first-order valence-corrected chi connectivity index (χ1v) is 9.44. The zero-order valence-electron chi connectivity index (χ0n) is 14.3. The maximum atomic E-state index is 12.7. The Morgan fingerprint density at radius 1 is 1.07 bits per heavy atom. The lowest BCUT2D eigenvalue weighted by Crippen LogP contribution is -2.40. The van der Waals surface area contributed by atoms with E-state index >= 15 is 0 Å². The third kappa shape index (κ3) is 3.02. The highest BCUT2D eigenvalue weighted by Crippen LogP contribution is 2.29. The van der Waals surface area contributed by atoms with Gasteiger partial charge in [-0.2, -0.15) is 0 Å². The highest BCUT2D eigenvalue weighted by molar-refractivity contribution is 7.20. The first-order valence-electron chi connectivity index (χ1n) is 8.63. The van der Waals surface area contributed by atoms with Gasteiger partial charge in [-0.1, -0.05) is 0 Å². The summed E-state index contributed by atoms with van der Waals surface area (Å²) in [7, 11) is 0. The molecule has 134 valence electrons. The molecule has 0 unspecified atom stereocenters. The number of morpholine rings is 1. The first kappa shape index (κ1) is 16.2. The Morgan fingerprint density at radius 2 is 1.93 bits per heavy atom. The lowest BCUT2D eigenvalue weighted by Gasteiger charge is -2.26. The average Bonchev–Trinajstić information content (AvgIpc) is 3.17. The van der Waals surface area contributed by atoms with Gasteiger partial charge in [-0.25, -0.2) is 15.0 Å². The van der Waals surface area contributed by atoms with Crippen LogP contribution in [0.15, 0.2) is 42.9 Å². The van der Waals surface area contributed by atoms with Gasteiger partial charge in [0.05, 0.1) is 23.8 Å². The summed E-state index contributed by atoms with van der Waals surface area (Å²) in [5.74, 6) is 0.0468. The van der Waals surface area contributed by atoms with Crippen LogP contribution in [0.2, 0.25) is 0 Å². The van der Waals surface area contributed by atoms with Crippen LogP contribution in [0.5, 0.6) is 0 Å². The predicted molar refractivity (Wildman–Crippen MR) is 103 cm³/mol. The highest BCUT2D eigenvalue weighted by Gasteiger charge is 2.21. The number of nitrogens with zero attached hydrogens (tertiary/aromatic N) is 5. The van der Waals surface area contributed by atoms with E-state index in [1.54, 1.807) is 18.6 Å². The Labute approximate surface area is 158 Å². The molecule has 5 rings (SSSR count). The highest BCUT2D eigenvalue weighted by atomic mass is 32.1. The molecule has 0 bridgehead atoms. The lowest BCUT2D eigenvalue weighted by atomic mass is 10.1. The van der Waals surface area contributed by atoms with Crippen molar-refractivity contribution in [3.05, 3.63) is 47.7 Å². The van der Waals surface area contributed by atoms with Crippen molar-refractivity contribution in [1.29, 1.82) is 0 Å². The third-order valence-corrected chi connectivity index (χ3v) is 5.54. The second-order valence-corrected chi connectivity index (χ2v) is 7.26. The summed E-state index contributed by atoms with van der Waals surface area (Å²) in [6, 6.07) is 7.78. The van der Waals surface area contributed by atoms with Gasteiger partial charge in [0.15, 0.2) is 5.65 Å². The van der Waals surface area contributed by atoms with Crippen molar-refractivity contribution < 1.29 is 9.53 Å². The zero-order valence-corrected chi connectivity index (χ0v) is 15.1. The number of hydrogen-bond donors (Lipinski definition) is 0. The summed E-state index contributed by atoms with van der Waals surface area (Å²) in [6.07, 6.45) is 5.02. The number of pyridine rings is 2. The molecule has 0 aromatic carbocycles. The second kappa shape index (κ2) is 6.64. The van der Waals surface area contributed by atoms with Gasteiger partial charge in [-0.15, -0.1) is 11.3 Å². The van der Waals surface area contributed by atoms with Crippen LogP contribution < -0.4 is 0 Å². The van der Waals surface area contributed by atoms with Gasteiger partial charge < -0.3 is 9.64 Å². The van der Waals surface area contributed by atoms with E-state index in [-0.39, 0.29) is 5.91 Å². The average molecular weight is 377 g/mol. The van der Waals surface area contributed by atoms with Crippen molar-refractivity contribution in [2.24, 2.45) is 0 Å². The van der Waals surface area contributed by atoms with Crippen LogP contribution in [0.1, 0.15) is 9.67 Å². The van der Waals surface area contributed by atoms with Crippen molar-refractivity contribution in [2.75, 3.05) is 26.3 Å². The summed E-state index contributed by atoms with van der Waals surface area (Å²) in [5, 5.41) is 0.967. The van der Waals surface area contributed by atoms with Crippen molar-refractivity contribution >= 4 is 38.6 Å². The van der Waals surface area contributed by atoms with Gasteiger partial charge in [0.25, 0.3) is 5.91 Å². The lowest BCUT2D eigenvalue weighted by molar-refractivity contribution is 0.0306. The van der Waals surface area contributed by atoms with Crippen molar-refractivity contribution in [2.45, 2.75) is 0 Å². The molecule has 1 saturated heterocycles. The van der Waals surface area contributed by atoms with Crippen LogP contribution >= 0.6 is 11.3 Å². The fourth-order valence-electron chi connectivity index (χ4n) is 3.10. The molecule has 0 spiro atoms. The summed E-state index contributed by atoms with van der Waals surface area (Å²) in [5.41, 5.74) is 3.01. The largest absolute Gasteiger partial charge is 0.378 e. The van der Waals surface area contributed by atoms with E-state index in [4.69, 9.17) is 9.72 Å². The summed E-state index contributed by atoms with van der Waals surface area (Å²) in [4.78, 5) is 33.6. The Balaban J connectivity index is 1.50. The molecule has 8 heteroatoms. The summed E-state index contributed by atoms with van der Waals surface area (Å²) in [6.45, 7) is 2.46. The summed E-state index contributed by atoms with van der Waals surface area (Å²) < 4.78 is 5.32. The van der Waals surface area contributed by atoms with Gasteiger partial charge in [-0.3, -0.25) is 9.78 Å². The first-order chi connectivity index (χ1) is 13.3. The zero-order chi connectivity index (χ0) is 18.2. The molecule has 4 aromatic heterocycles. The standard InChI is InChI=1S/C19H15N5O2S/c25-19(24-5-7-26-8-6-24)16-10-12-1-2-14(23-18(12)27-16)13-9-15-17(22-11-13)21-4-3-20-15/h1-4,9-11H,5-8H2. The van der Waals surface area contributed by atoms with Crippen LogP contribution in [0, 0.1) is 0 Å². The minimum Gasteiger partial charge on any atom is -0.378 e. The Hall–Kier alpha value is -2.97. The van der Waals surface area contributed by atoms with E-state index in [0.717, 1.165) is 27.0 Å². The molecule has 0 radical (unpaired) electrons. The molecule has 0 N–H and O–H groups in total. The van der Waals surface area contributed by atoms with Gasteiger partial charge in [0, 0.05) is 42.6 Å². The Bertz CT molecular complexity index is 1150. The topological polar surface area (TPSA) is 81.1 Å². The number of rotatable bonds is 2. The molecule has 1 fully saturated rings. The van der Waals surface area contributed by atoms with E-state index in [2.05, 4.69) is 15.0 Å². The SMILES string of the molecule is O=C(c1cc2ccc(-c3cnc4nccnc4c3)nc2s1)N1CCOCC1. The van der Waals surface area contributed by atoms with Crippen molar-refractivity contribution in [1.82, 2.24) is 24.8 Å². The predicted octanol–water partition coefficient (Wildman–Crippen LogP) is 2.77. The fraction of sp³-hybridized carbons (Fsp3) is 0.211. The molecule has 1 aliphatic heterocycles. The second-order valence-electron chi connectivity index (χ2n) is 6.23. The number of fused-ring (bicyclic) bond motifs is 2. The van der Waals surface area contributed by atoms with E-state index in [1.807, 2.05) is 29.2 Å². The number of hydrogen-bond acceptors (Lipinski definition) is 7. The quantitative estimate of drug-likeness (QED) is 0.534. The summed E-state index contributed by atoms with van der Waals surface area (Å²) >= 11 is 1.42. The molecule has 0 saturated carbocycles. The molecule has 7 nitrogen and oxygen atoms in total. The smallest absolute Gasteiger partial charge is 0.264 e. The Kier molecular flexibility index (Phi) is 3.99. The van der Waals surface area contributed by atoms with Crippen LogP contribution in [-0.2, 0) is 4.74 Å². The number of aromatic nitrogens is 4. The molecule has 1 aliphatic rings. The van der Waals surface area contributed by atoms with E-state index in [1.165, 1.54) is 11.3 Å². The number of ether oxygens (including phenoxy) is 1. The van der Waals surface area contributed by atoms with Crippen LogP contribution in [0.3, 0.4) is 0 Å². The maximum absolute atomic E-state index is 12.7. The van der Waals surface area contributed by atoms with Gasteiger partial charge >= 0.3 is 0 Å². The van der Waals surface area contributed by atoms with Gasteiger partial charge in [-0.05, 0) is 24.3 Å². The third-order valence-electron chi connectivity index (χ3n) is 4.51. The van der Waals surface area contributed by atoms with E-state index in [0.29, 0.717) is 36.8 Å². The molecule has 0 atom stereocenters. The maximum Gasteiger partial charge on any atom is 0.264 e. The van der Waals surface area contributed by atoms with Gasteiger partial charge in [0.2, 0.25) is 0 Å². The van der Waals surface area contributed by atoms with E-state index < -0.39 is 0 Å². The number of carbonyl (C=O) groups excluding carboxylic acids is 1. The van der Waals surface area contributed by atoms with Crippen molar-refractivity contribution in [3.8, 4) is 11.3 Å². The molecule has 5 heterocycles. The molecule has 4 aromatic rings. The Morgan fingerprint density at radius 3 is 2.81 bits per heavy atom. The minimum absolute atomic E-state index is 0.0468. The van der Waals surface area contributed by atoms with Crippen LogP contribution in [-0.4, -0.2) is 57.0 Å². The van der Waals surface area contributed by atoms with Gasteiger partial charge in [0.1, 0.15) is 10.3 Å². The number of thiophene rings is 1. The molecular formula is C19H15N5O2S. The molecule has 27 heavy (non-hydrogen) atoms.